The molecule has 8 heteroatoms. The lowest BCUT2D eigenvalue weighted by molar-refractivity contribution is -0.136. The van der Waals surface area contributed by atoms with E-state index in [-0.39, 0.29) is 24.2 Å². The second-order valence-corrected chi connectivity index (χ2v) is 5.24. The standard InChI is InChI=1S/C14H18N4O4/c1-9-14(20)18(8-12(19)17-4-6-21-7-5-17)13-10(22-9)2-3-11(15)16-13/h2-3,9H,4-8H2,1H3,(H2,15,16). The van der Waals surface area contributed by atoms with Crippen molar-refractivity contribution in [2.45, 2.75) is 13.0 Å². The van der Waals surface area contributed by atoms with E-state index in [4.69, 9.17) is 15.2 Å². The molecule has 1 fully saturated rings. The van der Waals surface area contributed by atoms with Gasteiger partial charge < -0.3 is 20.1 Å². The quantitative estimate of drug-likeness (QED) is 0.801. The Balaban J connectivity index is 1.83. The van der Waals surface area contributed by atoms with Crippen molar-refractivity contribution in [3.05, 3.63) is 12.1 Å². The SMILES string of the molecule is CC1Oc2ccc(N)nc2N(CC(=O)N2CCOCC2)C1=O. The highest BCUT2D eigenvalue weighted by Crippen LogP contribution is 2.32. The van der Waals surface area contributed by atoms with Gasteiger partial charge in [-0.15, -0.1) is 0 Å². The Bertz CT molecular complexity index is 601. The van der Waals surface area contributed by atoms with Gasteiger partial charge in [0.05, 0.1) is 13.2 Å². The number of rotatable bonds is 2. The molecular weight excluding hydrogens is 288 g/mol. The Labute approximate surface area is 127 Å². The van der Waals surface area contributed by atoms with Crippen LogP contribution in [0.2, 0.25) is 0 Å². The zero-order chi connectivity index (χ0) is 15.7. The van der Waals surface area contributed by atoms with E-state index in [1.807, 2.05) is 0 Å². The van der Waals surface area contributed by atoms with Crippen LogP contribution >= 0.6 is 0 Å². The van der Waals surface area contributed by atoms with Gasteiger partial charge >= 0.3 is 0 Å². The molecule has 0 saturated carbocycles. The monoisotopic (exact) mass is 306 g/mol. The number of nitrogens with two attached hydrogens (primary N) is 1. The molecule has 1 atom stereocenters. The van der Waals surface area contributed by atoms with Crippen LogP contribution in [0.25, 0.3) is 0 Å². The number of pyridine rings is 1. The number of ether oxygens (including phenoxy) is 2. The van der Waals surface area contributed by atoms with Crippen LogP contribution < -0.4 is 15.4 Å². The highest BCUT2D eigenvalue weighted by molar-refractivity contribution is 6.02. The van der Waals surface area contributed by atoms with E-state index in [1.54, 1.807) is 24.0 Å². The number of carbonyl (C=O) groups excluding carboxylic acids is 2. The number of morpholine rings is 1. The minimum absolute atomic E-state index is 0.0734. The molecule has 0 aromatic carbocycles. The first kappa shape index (κ1) is 14.6. The first-order valence-corrected chi connectivity index (χ1v) is 7.16. The molecule has 2 aliphatic heterocycles. The molecule has 1 unspecified atom stereocenters. The maximum absolute atomic E-state index is 12.4. The summed E-state index contributed by atoms with van der Waals surface area (Å²) in [5.41, 5.74) is 5.68. The fourth-order valence-corrected chi connectivity index (χ4v) is 2.50. The highest BCUT2D eigenvalue weighted by atomic mass is 16.5. The average molecular weight is 306 g/mol. The topological polar surface area (TPSA) is 98.0 Å². The second kappa shape index (κ2) is 5.80. The van der Waals surface area contributed by atoms with Crippen molar-refractivity contribution in [1.29, 1.82) is 0 Å². The lowest BCUT2D eigenvalue weighted by Gasteiger charge is -2.34. The van der Waals surface area contributed by atoms with Crippen molar-refractivity contribution in [2.24, 2.45) is 0 Å². The third-order valence-electron chi connectivity index (χ3n) is 3.69. The predicted octanol–water partition coefficient (Wildman–Crippen LogP) is -0.363. The zero-order valence-electron chi connectivity index (χ0n) is 12.3. The number of carbonyl (C=O) groups is 2. The summed E-state index contributed by atoms with van der Waals surface area (Å²) in [7, 11) is 0. The second-order valence-electron chi connectivity index (χ2n) is 5.24. The number of hydrogen-bond acceptors (Lipinski definition) is 6. The summed E-state index contributed by atoms with van der Waals surface area (Å²) in [6.45, 7) is 3.67. The third-order valence-corrected chi connectivity index (χ3v) is 3.69. The Kier molecular flexibility index (Phi) is 3.84. The van der Waals surface area contributed by atoms with Crippen LogP contribution in [0.3, 0.4) is 0 Å². The molecule has 1 saturated heterocycles. The summed E-state index contributed by atoms with van der Waals surface area (Å²) in [5, 5.41) is 0. The minimum Gasteiger partial charge on any atom is -0.477 e. The van der Waals surface area contributed by atoms with E-state index in [1.165, 1.54) is 4.90 Å². The summed E-state index contributed by atoms with van der Waals surface area (Å²) in [6.07, 6.45) is -0.657. The van der Waals surface area contributed by atoms with Crippen molar-refractivity contribution >= 4 is 23.5 Å². The van der Waals surface area contributed by atoms with Crippen LogP contribution in [0.5, 0.6) is 5.75 Å². The predicted molar refractivity (Wildman–Crippen MR) is 78.5 cm³/mol. The summed E-state index contributed by atoms with van der Waals surface area (Å²) >= 11 is 0. The molecule has 118 valence electrons. The Morgan fingerprint density at radius 2 is 2.14 bits per heavy atom. The van der Waals surface area contributed by atoms with Crippen LogP contribution in [0, 0.1) is 0 Å². The van der Waals surface area contributed by atoms with Gasteiger partial charge in [-0.1, -0.05) is 0 Å². The first-order chi connectivity index (χ1) is 10.6. The molecule has 0 aliphatic carbocycles. The van der Waals surface area contributed by atoms with Gasteiger partial charge in [0.25, 0.3) is 5.91 Å². The summed E-state index contributed by atoms with van der Waals surface area (Å²) < 4.78 is 10.7. The smallest absolute Gasteiger partial charge is 0.269 e. The van der Waals surface area contributed by atoms with E-state index in [9.17, 15) is 9.59 Å². The number of aromatic nitrogens is 1. The fourth-order valence-electron chi connectivity index (χ4n) is 2.50. The number of hydrogen-bond donors (Lipinski definition) is 1. The van der Waals surface area contributed by atoms with Gasteiger partial charge in [0, 0.05) is 13.1 Å². The largest absolute Gasteiger partial charge is 0.477 e. The van der Waals surface area contributed by atoms with Crippen molar-refractivity contribution in [3.63, 3.8) is 0 Å². The molecule has 8 nitrogen and oxygen atoms in total. The van der Waals surface area contributed by atoms with Crippen molar-refractivity contribution in [1.82, 2.24) is 9.88 Å². The molecule has 0 spiro atoms. The lowest BCUT2D eigenvalue weighted by atomic mass is 10.2. The first-order valence-electron chi connectivity index (χ1n) is 7.16. The van der Waals surface area contributed by atoms with Crippen LogP contribution in [0.1, 0.15) is 6.92 Å². The molecule has 0 bridgehead atoms. The van der Waals surface area contributed by atoms with Crippen LogP contribution in [0.4, 0.5) is 11.6 Å². The van der Waals surface area contributed by atoms with Gasteiger partial charge in [0.2, 0.25) is 5.91 Å². The van der Waals surface area contributed by atoms with Gasteiger partial charge in [-0.25, -0.2) is 4.98 Å². The maximum atomic E-state index is 12.4. The summed E-state index contributed by atoms with van der Waals surface area (Å²) in [5.74, 6) is 0.586. The minimum atomic E-state index is -0.657. The fraction of sp³-hybridized carbons (Fsp3) is 0.500. The Morgan fingerprint density at radius 1 is 1.41 bits per heavy atom. The molecule has 1 aromatic heterocycles. The molecule has 22 heavy (non-hydrogen) atoms. The molecule has 3 rings (SSSR count). The number of nitrogen functional groups attached to an aromatic ring is 1. The maximum Gasteiger partial charge on any atom is 0.269 e. The number of fused-ring (bicyclic) bond motifs is 1. The third kappa shape index (κ3) is 2.69. The van der Waals surface area contributed by atoms with Gasteiger partial charge in [-0.3, -0.25) is 14.5 Å². The molecule has 3 heterocycles. The molecule has 2 aliphatic rings. The number of anilines is 2. The molecular formula is C14H18N4O4. The van der Waals surface area contributed by atoms with Gasteiger partial charge in [-0.05, 0) is 19.1 Å². The van der Waals surface area contributed by atoms with Gasteiger partial charge in [0.15, 0.2) is 17.7 Å². The van der Waals surface area contributed by atoms with E-state index in [0.717, 1.165) is 0 Å². The van der Waals surface area contributed by atoms with E-state index in [2.05, 4.69) is 4.98 Å². The van der Waals surface area contributed by atoms with Gasteiger partial charge in [0.1, 0.15) is 12.4 Å². The van der Waals surface area contributed by atoms with Crippen LogP contribution in [0.15, 0.2) is 12.1 Å². The highest BCUT2D eigenvalue weighted by Gasteiger charge is 2.35. The Morgan fingerprint density at radius 3 is 2.86 bits per heavy atom. The van der Waals surface area contributed by atoms with Crippen LogP contribution in [-0.2, 0) is 14.3 Å². The molecule has 2 amide bonds. The summed E-state index contributed by atoms with van der Waals surface area (Å²) in [4.78, 5) is 31.9. The molecule has 0 radical (unpaired) electrons. The number of nitrogens with zero attached hydrogens (tertiary/aromatic N) is 3. The van der Waals surface area contributed by atoms with Crippen molar-refractivity contribution in [2.75, 3.05) is 43.5 Å². The molecule has 1 aromatic rings. The summed E-state index contributed by atoms with van der Waals surface area (Å²) in [6, 6.07) is 3.26. The lowest BCUT2D eigenvalue weighted by Crippen LogP contribution is -2.51. The van der Waals surface area contributed by atoms with E-state index >= 15 is 0 Å². The van der Waals surface area contributed by atoms with Crippen molar-refractivity contribution < 1.29 is 19.1 Å². The van der Waals surface area contributed by atoms with E-state index < -0.39 is 6.10 Å². The van der Waals surface area contributed by atoms with Crippen LogP contribution in [-0.4, -0.2) is 60.7 Å². The molecule has 2 N–H and O–H groups in total. The zero-order valence-corrected chi connectivity index (χ0v) is 12.3. The number of amides is 2. The van der Waals surface area contributed by atoms with E-state index in [0.29, 0.717) is 37.9 Å². The van der Waals surface area contributed by atoms with Gasteiger partial charge in [-0.2, -0.15) is 0 Å². The van der Waals surface area contributed by atoms with Crippen molar-refractivity contribution in [3.8, 4) is 5.75 Å². The normalized spacial score (nSPS) is 21.3. The Hall–Kier alpha value is -2.35. The average Bonchev–Trinajstić information content (AvgIpc) is 2.53.